The molecule has 7 nitrogen and oxygen atoms in total. The summed E-state index contributed by atoms with van der Waals surface area (Å²) in [5.74, 6) is -1.20. The molecule has 1 saturated heterocycles. The molecular weight excluding hydrogens is 358 g/mol. The van der Waals surface area contributed by atoms with E-state index in [0.717, 1.165) is 0 Å². The lowest BCUT2D eigenvalue weighted by atomic mass is 10.0. The number of aliphatic hydroxyl groups is 1. The summed E-state index contributed by atoms with van der Waals surface area (Å²) in [5, 5.41) is 18.5. The van der Waals surface area contributed by atoms with Gasteiger partial charge in [0.25, 0.3) is 0 Å². The molecule has 1 aliphatic heterocycles. The fourth-order valence-corrected chi connectivity index (χ4v) is 4.26. The Hall–Kier alpha value is -2.26. The van der Waals surface area contributed by atoms with Gasteiger partial charge in [-0.05, 0) is 34.9 Å². The van der Waals surface area contributed by atoms with Crippen LogP contribution in [0.5, 0.6) is 0 Å². The van der Waals surface area contributed by atoms with Crippen LogP contribution in [0.1, 0.15) is 15.9 Å². The maximum Gasteiger partial charge on any atom is 0.335 e. The molecule has 1 aliphatic rings. The second-order valence-corrected chi connectivity index (χ2v) is 7.86. The molecule has 138 valence electrons. The molecule has 0 aliphatic carbocycles. The van der Waals surface area contributed by atoms with Crippen LogP contribution in [0.3, 0.4) is 0 Å². The summed E-state index contributed by atoms with van der Waals surface area (Å²) >= 11 is 0. The molecule has 0 amide bonds. The number of hydrogen-bond acceptors (Lipinski definition) is 5. The van der Waals surface area contributed by atoms with Crippen LogP contribution in [0.15, 0.2) is 47.4 Å². The third-order valence-electron chi connectivity index (χ3n) is 4.23. The first kappa shape index (κ1) is 18.5. The van der Waals surface area contributed by atoms with Gasteiger partial charge in [-0.3, -0.25) is 0 Å². The zero-order chi connectivity index (χ0) is 18.7. The quantitative estimate of drug-likeness (QED) is 0.820. The first-order valence-corrected chi connectivity index (χ1v) is 9.52. The Morgan fingerprint density at radius 1 is 1.04 bits per heavy atom. The summed E-state index contributed by atoms with van der Waals surface area (Å²) in [4.78, 5) is 11.4. The van der Waals surface area contributed by atoms with Crippen LogP contribution in [0.25, 0.3) is 11.1 Å². The summed E-state index contributed by atoms with van der Waals surface area (Å²) in [5.41, 5.74) is 1.77. The van der Waals surface area contributed by atoms with Gasteiger partial charge in [0, 0.05) is 13.1 Å². The van der Waals surface area contributed by atoms with Crippen LogP contribution in [-0.4, -0.2) is 55.2 Å². The minimum atomic E-state index is -3.81. The number of carbonyl (C=O) groups is 1. The monoisotopic (exact) mass is 377 g/mol. The summed E-state index contributed by atoms with van der Waals surface area (Å²) in [6, 6.07) is 11.0. The van der Waals surface area contributed by atoms with E-state index in [4.69, 9.17) is 9.84 Å². The van der Waals surface area contributed by atoms with Gasteiger partial charge in [-0.25, -0.2) is 13.2 Å². The van der Waals surface area contributed by atoms with Gasteiger partial charge < -0.3 is 14.9 Å². The second-order valence-electron chi connectivity index (χ2n) is 5.92. The summed E-state index contributed by atoms with van der Waals surface area (Å²) in [6.45, 7) is 0.993. The van der Waals surface area contributed by atoms with Crippen molar-refractivity contribution in [2.24, 2.45) is 0 Å². The van der Waals surface area contributed by atoms with E-state index >= 15 is 0 Å². The molecule has 2 N–H and O–H groups in total. The lowest BCUT2D eigenvalue weighted by Crippen LogP contribution is -2.40. The molecule has 0 bridgehead atoms. The first-order valence-electron chi connectivity index (χ1n) is 8.08. The number of ether oxygens (including phenoxy) is 1. The molecule has 2 aromatic rings. The number of aliphatic hydroxyl groups excluding tert-OH is 1. The molecule has 0 spiro atoms. The minimum Gasteiger partial charge on any atom is -0.478 e. The van der Waals surface area contributed by atoms with Gasteiger partial charge in [0.2, 0.25) is 10.0 Å². The third-order valence-corrected chi connectivity index (χ3v) is 6.11. The molecule has 1 fully saturated rings. The lowest BCUT2D eigenvalue weighted by Gasteiger charge is -2.26. The number of carboxylic acid groups (broad SMARTS) is 1. The number of aromatic carboxylic acids is 1. The van der Waals surface area contributed by atoms with Crippen molar-refractivity contribution in [3.8, 4) is 11.1 Å². The number of hydrogen-bond donors (Lipinski definition) is 2. The highest BCUT2D eigenvalue weighted by Gasteiger charge is 2.27. The van der Waals surface area contributed by atoms with E-state index in [1.54, 1.807) is 24.3 Å². The third kappa shape index (κ3) is 3.78. The Labute approximate surface area is 151 Å². The van der Waals surface area contributed by atoms with Crippen molar-refractivity contribution in [3.63, 3.8) is 0 Å². The molecule has 0 atom stereocenters. The first-order chi connectivity index (χ1) is 12.4. The number of carboxylic acids is 1. The van der Waals surface area contributed by atoms with Gasteiger partial charge in [-0.1, -0.05) is 24.3 Å². The molecule has 26 heavy (non-hydrogen) atoms. The van der Waals surface area contributed by atoms with Crippen molar-refractivity contribution < 1.29 is 28.2 Å². The molecule has 2 aromatic carbocycles. The smallest absolute Gasteiger partial charge is 0.335 e. The molecule has 0 radical (unpaired) electrons. The molecular formula is C18H19NO6S. The van der Waals surface area contributed by atoms with Crippen LogP contribution >= 0.6 is 0 Å². The van der Waals surface area contributed by atoms with E-state index in [-0.39, 0.29) is 30.2 Å². The van der Waals surface area contributed by atoms with Gasteiger partial charge in [0.05, 0.1) is 30.3 Å². The molecule has 8 heteroatoms. The Balaban J connectivity index is 2.07. The number of nitrogens with zero attached hydrogens (tertiary/aromatic N) is 1. The fourth-order valence-electron chi connectivity index (χ4n) is 2.78. The van der Waals surface area contributed by atoms with Gasteiger partial charge in [0.1, 0.15) is 0 Å². The van der Waals surface area contributed by atoms with E-state index in [2.05, 4.69) is 0 Å². The largest absolute Gasteiger partial charge is 0.478 e. The maximum atomic E-state index is 12.9. The van der Waals surface area contributed by atoms with Gasteiger partial charge >= 0.3 is 5.97 Å². The Kier molecular flexibility index (Phi) is 5.38. The topological polar surface area (TPSA) is 104 Å². The lowest BCUT2D eigenvalue weighted by molar-refractivity contribution is 0.0696. The SMILES string of the molecule is O=C(O)c1cc(-c2ccc(CO)cc2)cc(S(=O)(=O)N2CCOCC2)c1. The zero-order valence-electron chi connectivity index (χ0n) is 14.0. The van der Waals surface area contributed by atoms with Gasteiger partial charge in [-0.15, -0.1) is 0 Å². The number of morpholine rings is 1. The summed E-state index contributed by atoms with van der Waals surface area (Å²) in [6.07, 6.45) is 0. The number of benzene rings is 2. The molecule has 0 saturated carbocycles. The highest BCUT2D eigenvalue weighted by atomic mass is 32.2. The van der Waals surface area contributed by atoms with Crippen molar-refractivity contribution in [1.82, 2.24) is 4.31 Å². The average Bonchev–Trinajstić information content (AvgIpc) is 2.68. The molecule has 1 heterocycles. The highest BCUT2D eigenvalue weighted by Crippen LogP contribution is 2.27. The maximum absolute atomic E-state index is 12.9. The van der Waals surface area contributed by atoms with Crippen molar-refractivity contribution in [1.29, 1.82) is 0 Å². The van der Waals surface area contributed by atoms with Crippen LogP contribution in [0, 0.1) is 0 Å². The van der Waals surface area contributed by atoms with E-state index in [0.29, 0.717) is 29.9 Å². The summed E-state index contributed by atoms with van der Waals surface area (Å²) in [7, 11) is -3.81. The minimum absolute atomic E-state index is 0.0551. The predicted molar refractivity (Wildman–Crippen MR) is 94.3 cm³/mol. The Bertz CT molecular complexity index is 902. The summed E-state index contributed by atoms with van der Waals surface area (Å²) < 4.78 is 32.3. The molecule has 3 rings (SSSR count). The van der Waals surface area contributed by atoms with Crippen LogP contribution in [0.2, 0.25) is 0 Å². The van der Waals surface area contributed by atoms with E-state index in [1.165, 1.54) is 22.5 Å². The predicted octanol–water partition coefficient (Wildman–Crippen LogP) is 1.57. The zero-order valence-corrected chi connectivity index (χ0v) is 14.8. The van der Waals surface area contributed by atoms with E-state index in [9.17, 15) is 18.3 Å². The second kappa shape index (κ2) is 7.55. The highest BCUT2D eigenvalue weighted by molar-refractivity contribution is 7.89. The van der Waals surface area contributed by atoms with Crippen molar-refractivity contribution in [3.05, 3.63) is 53.6 Å². The van der Waals surface area contributed by atoms with Crippen molar-refractivity contribution in [2.75, 3.05) is 26.3 Å². The van der Waals surface area contributed by atoms with Crippen molar-refractivity contribution in [2.45, 2.75) is 11.5 Å². The standard InChI is InChI=1S/C18H19NO6S/c20-12-13-1-3-14(4-2-13)15-9-16(18(21)22)11-17(10-15)26(23,24)19-5-7-25-8-6-19/h1-4,9-11,20H,5-8,12H2,(H,21,22). The Morgan fingerprint density at radius 3 is 2.27 bits per heavy atom. The normalized spacial score (nSPS) is 15.7. The van der Waals surface area contributed by atoms with Crippen LogP contribution in [-0.2, 0) is 21.4 Å². The molecule has 0 aromatic heterocycles. The van der Waals surface area contributed by atoms with Crippen molar-refractivity contribution >= 4 is 16.0 Å². The molecule has 0 unspecified atom stereocenters. The average molecular weight is 377 g/mol. The van der Waals surface area contributed by atoms with Gasteiger partial charge in [0.15, 0.2) is 0 Å². The van der Waals surface area contributed by atoms with Crippen LogP contribution in [0.4, 0.5) is 0 Å². The number of sulfonamides is 1. The number of rotatable bonds is 5. The fraction of sp³-hybridized carbons (Fsp3) is 0.278. The van der Waals surface area contributed by atoms with E-state index in [1.807, 2.05) is 0 Å². The van der Waals surface area contributed by atoms with Gasteiger partial charge in [-0.2, -0.15) is 4.31 Å². The van der Waals surface area contributed by atoms with Crippen LogP contribution < -0.4 is 0 Å². The Morgan fingerprint density at radius 2 is 1.69 bits per heavy atom. The van der Waals surface area contributed by atoms with E-state index < -0.39 is 16.0 Å².